The van der Waals surface area contributed by atoms with Gasteiger partial charge in [0.15, 0.2) is 17.5 Å². The molecule has 4 aromatic heterocycles. The van der Waals surface area contributed by atoms with Gasteiger partial charge in [0, 0.05) is 64.1 Å². The van der Waals surface area contributed by atoms with E-state index in [9.17, 15) is 0 Å². The molecule has 0 bridgehead atoms. The van der Waals surface area contributed by atoms with Crippen LogP contribution in [-0.4, -0.2) is 24.1 Å². The second kappa shape index (κ2) is 14.2. The van der Waals surface area contributed by atoms with E-state index in [1.165, 1.54) is 42.8 Å². The Morgan fingerprint density at radius 2 is 0.810 bits per heavy atom. The number of hydrogen-bond acceptors (Lipinski definition) is 4. The van der Waals surface area contributed by atoms with Crippen LogP contribution >= 0.6 is 11.3 Å². The first kappa shape index (κ1) is 35.6. The molecule has 0 aliphatic rings. The van der Waals surface area contributed by atoms with Crippen molar-refractivity contribution in [3.8, 4) is 56.7 Å². The average molecular weight is 822 g/mol. The summed E-state index contributed by atoms with van der Waals surface area (Å²) in [5.41, 5.74) is 11.8. The van der Waals surface area contributed by atoms with Crippen molar-refractivity contribution in [3.05, 3.63) is 212 Å². The van der Waals surface area contributed by atoms with Crippen molar-refractivity contribution >= 4 is 75.1 Å². The Kier molecular flexibility index (Phi) is 8.01. The Hall–Kier alpha value is -8.19. The highest BCUT2D eigenvalue weighted by Gasteiger charge is 2.23. The van der Waals surface area contributed by atoms with Gasteiger partial charge < -0.3 is 9.13 Å². The third-order valence-corrected chi connectivity index (χ3v) is 13.6. The van der Waals surface area contributed by atoms with Gasteiger partial charge in [-0.1, -0.05) is 158 Å². The van der Waals surface area contributed by atoms with Crippen LogP contribution in [0.2, 0.25) is 0 Å². The number of aromatic nitrogens is 5. The molecule has 9 aromatic carbocycles. The Morgan fingerprint density at radius 3 is 1.43 bits per heavy atom. The second-order valence-corrected chi connectivity index (χ2v) is 17.0. The number of fused-ring (bicyclic) bond motifs is 9. The minimum Gasteiger partial charge on any atom is -0.309 e. The molecule has 63 heavy (non-hydrogen) atoms. The van der Waals surface area contributed by atoms with Crippen LogP contribution in [0.1, 0.15) is 0 Å². The first-order chi connectivity index (χ1) is 31.3. The van der Waals surface area contributed by atoms with Crippen molar-refractivity contribution in [2.45, 2.75) is 0 Å². The molecule has 13 aromatic rings. The van der Waals surface area contributed by atoms with Crippen molar-refractivity contribution < 1.29 is 0 Å². The molecule has 4 heterocycles. The van der Waals surface area contributed by atoms with E-state index >= 15 is 0 Å². The maximum atomic E-state index is 5.54. The van der Waals surface area contributed by atoms with Gasteiger partial charge in [0.25, 0.3) is 0 Å². The molecule has 0 saturated carbocycles. The average Bonchev–Trinajstić information content (AvgIpc) is 4.02. The fraction of sp³-hybridized carbons (Fsp3) is 0. The molecule has 0 N–H and O–H groups in total. The first-order valence-electron chi connectivity index (χ1n) is 21.2. The lowest BCUT2D eigenvalue weighted by molar-refractivity contribution is 1.07. The molecule has 0 aliphatic carbocycles. The van der Waals surface area contributed by atoms with Crippen LogP contribution in [0.3, 0.4) is 0 Å². The van der Waals surface area contributed by atoms with Crippen molar-refractivity contribution in [3.63, 3.8) is 0 Å². The summed E-state index contributed by atoms with van der Waals surface area (Å²) in [5.74, 6) is 1.85. The molecular weight excluding hydrogens is 787 g/mol. The van der Waals surface area contributed by atoms with E-state index in [0.29, 0.717) is 17.5 Å². The summed E-state index contributed by atoms with van der Waals surface area (Å²) < 4.78 is 7.09. The minimum atomic E-state index is 0.609. The first-order valence-corrected chi connectivity index (χ1v) is 22.0. The van der Waals surface area contributed by atoms with Gasteiger partial charge in [0.2, 0.25) is 0 Å². The number of nitrogens with zero attached hydrogens (tertiary/aromatic N) is 5. The number of hydrogen-bond donors (Lipinski definition) is 0. The zero-order valence-corrected chi connectivity index (χ0v) is 34.7. The molecule has 0 saturated heterocycles. The molecule has 0 aliphatic heterocycles. The van der Waals surface area contributed by atoms with E-state index in [1.54, 1.807) is 11.3 Å². The quantitative estimate of drug-likeness (QED) is 0.168. The van der Waals surface area contributed by atoms with Crippen LogP contribution in [0.4, 0.5) is 0 Å². The zero-order valence-electron chi connectivity index (χ0n) is 33.9. The number of rotatable bonds is 6. The Bertz CT molecular complexity index is 3810. The Labute approximate surface area is 366 Å². The van der Waals surface area contributed by atoms with Crippen LogP contribution in [0.5, 0.6) is 0 Å². The second-order valence-electron chi connectivity index (χ2n) is 15.9. The summed E-state index contributed by atoms with van der Waals surface area (Å²) in [7, 11) is 0. The monoisotopic (exact) mass is 821 g/mol. The van der Waals surface area contributed by atoms with Crippen LogP contribution in [0, 0.1) is 0 Å². The van der Waals surface area contributed by atoms with Crippen LogP contribution < -0.4 is 0 Å². The van der Waals surface area contributed by atoms with Crippen molar-refractivity contribution in [2.75, 3.05) is 0 Å². The van der Waals surface area contributed by atoms with E-state index in [0.717, 1.165) is 60.2 Å². The summed E-state index contributed by atoms with van der Waals surface area (Å²) in [6.07, 6.45) is 0. The largest absolute Gasteiger partial charge is 0.309 e. The van der Waals surface area contributed by atoms with E-state index in [1.807, 2.05) is 18.2 Å². The van der Waals surface area contributed by atoms with Gasteiger partial charge in [-0.3, -0.25) is 0 Å². The lowest BCUT2D eigenvalue weighted by Gasteiger charge is -2.15. The fourth-order valence-corrected chi connectivity index (χ4v) is 10.9. The van der Waals surface area contributed by atoms with E-state index < -0.39 is 0 Å². The van der Waals surface area contributed by atoms with Crippen LogP contribution in [0.15, 0.2) is 212 Å². The lowest BCUT2D eigenvalue weighted by Crippen LogP contribution is -2.04. The zero-order chi connectivity index (χ0) is 41.4. The number of para-hydroxylation sites is 5. The van der Waals surface area contributed by atoms with Gasteiger partial charge in [0.05, 0.1) is 27.8 Å². The molecule has 0 amide bonds. The van der Waals surface area contributed by atoms with E-state index in [4.69, 9.17) is 15.0 Å². The van der Waals surface area contributed by atoms with E-state index in [2.05, 4.69) is 203 Å². The predicted molar refractivity (Wildman–Crippen MR) is 263 cm³/mol. The van der Waals surface area contributed by atoms with Gasteiger partial charge in [-0.2, -0.15) is 0 Å². The van der Waals surface area contributed by atoms with Gasteiger partial charge in [-0.25, -0.2) is 15.0 Å². The normalized spacial score (nSPS) is 11.8. The molecule has 6 heteroatoms. The number of thiophene rings is 1. The third-order valence-electron chi connectivity index (χ3n) is 12.4. The van der Waals surface area contributed by atoms with Gasteiger partial charge in [0.1, 0.15) is 0 Å². The minimum absolute atomic E-state index is 0.609. The molecule has 0 spiro atoms. The highest BCUT2D eigenvalue weighted by molar-refractivity contribution is 7.26. The summed E-state index contributed by atoms with van der Waals surface area (Å²) in [6.45, 7) is 0. The van der Waals surface area contributed by atoms with Gasteiger partial charge in [-0.05, 0) is 65.7 Å². The molecule has 0 radical (unpaired) electrons. The smallest absolute Gasteiger partial charge is 0.166 e. The van der Waals surface area contributed by atoms with Gasteiger partial charge in [-0.15, -0.1) is 11.3 Å². The van der Waals surface area contributed by atoms with Crippen molar-refractivity contribution in [2.24, 2.45) is 0 Å². The molecule has 0 unspecified atom stereocenters. The van der Waals surface area contributed by atoms with Crippen molar-refractivity contribution in [1.82, 2.24) is 24.1 Å². The number of benzene rings is 9. The molecule has 13 rings (SSSR count). The predicted octanol–water partition coefficient (Wildman–Crippen LogP) is 15.1. The van der Waals surface area contributed by atoms with Gasteiger partial charge >= 0.3 is 0 Å². The lowest BCUT2D eigenvalue weighted by atomic mass is 9.98. The third kappa shape index (κ3) is 5.59. The topological polar surface area (TPSA) is 48.5 Å². The van der Waals surface area contributed by atoms with Crippen LogP contribution in [0.25, 0.3) is 120 Å². The molecule has 294 valence electrons. The van der Waals surface area contributed by atoms with Crippen molar-refractivity contribution in [1.29, 1.82) is 0 Å². The highest BCUT2D eigenvalue weighted by Crippen LogP contribution is 2.46. The molecule has 0 fully saturated rings. The summed E-state index contributed by atoms with van der Waals surface area (Å²) in [6, 6.07) is 75.5. The summed E-state index contributed by atoms with van der Waals surface area (Å²) >= 11 is 1.80. The molecule has 5 nitrogen and oxygen atoms in total. The SMILES string of the molecule is c1ccc(-c2nc(-c3ccccc3-n3c4ccccc4c4ccccc43)nc(-c3cc(-n4c5ccccc5c5ccccc54)cc4c3sc3cccc(-c5ccccc5)c34)n2)cc1. The maximum Gasteiger partial charge on any atom is 0.166 e. The fourth-order valence-electron chi connectivity index (χ4n) is 9.64. The summed E-state index contributed by atoms with van der Waals surface area (Å²) in [4.78, 5) is 16.3. The Balaban J connectivity index is 1.14. The van der Waals surface area contributed by atoms with Crippen LogP contribution in [-0.2, 0) is 0 Å². The highest BCUT2D eigenvalue weighted by atomic mass is 32.1. The molecule has 0 atom stereocenters. The summed E-state index contributed by atoms with van der Waals surface area (Å²) in [5, 5.41) is 7.22. The molecular formula is C57H35N5S. The Morgan fingerprint density at radius 1 is 0.333 bits per heavy atom. The maximum absolute atomic E-state index is 5.54. The van der Waals surface area contributed by atoms with E-state index in [-0.39, 0.29) is 0 Å². The standard InChI is InChI=1S/C57H35N5S/c1-3-18-36(19-4-1)39-27-17-33-52-53(39)45-34-38(61-47-28-12-7-22-40(47)41-23-8-13-29-48(41)61)35-46(54(45)63-52)57-59-55(37-20-5-2-6-21-37)58-56(60-57)44-26-11-16-32-51(44)62-49-30-14-9-24-42(49)43-25-10-15-31-50(43)62/h1-35H.